The van der Waals surface area contributed by atoms with Gasteiger partial charge < -0.3 is 20.1 Å². The fourth-order valence-corrected chi connectivity index (χ4v) is 2.10. The molecule has 140 valence electrons. The van der Waals surface area contributed by atoms with Crippen molar-refractivity contribution in [3.05, 3.63) is 54.1 Å². The van der Waals surface area contributed by atoms with Crippen LogP contribution >= 0.6 is 0 Å². The minimum Gasteiger partial charge on any atom is -0.497 e. The molecule has 5 nitrogen and oxygen atoms in total. The van der Waals surface area contributed by atoms with E-state index in [0.29, 0.717) is 11.5 Å². The normalized spacial score (nSPS) is 10.9. The summed E-state index contributed by atoms with van der Waals surface area (Å²) < 4.78 is 48.4. The lowest BCUT2D eigenvalue weighted by molar-refractivity contribution is -0.137. The minimum atomic E-state index is -4.42. The van der Waals surface area contributed by atoms with Gasteiger partial charge in [0.25, 0.3) is 0 Å². The number of methoxy groups -OCH3 is 1. The predicted octanol–water partition coefficient (Wildman–Crippen LogP) is 3.32. The Balaban J connectivity index is 1.71. The van der Waals surface area contributed by atoms with Gasteiger partial charge in [0.05, 0.1) is 25.8 Å². The van der Waals surface area contributed by atoms with Crippen molar-refractivity contribution in [2.45, 2.75) is 6.18 Å². The van der Waals surface area contributed by atoms with Crippen molar-refractivity contribution >= 4 is 11.6 Å². The van der Waals surface area contributed by atoms with Gasteiger partial charge in [-0.2, -0.15) is 13.2 Å². The summed E-state index contributed by atoms with van der Waals surface area (Å²) in [4.78, 5) is 11.7. The van der Waals surface area contributed by atoms with Crippen LogP contribution in [-0.2, 0) is 11.0 Å². The summed E-state index contributed by atoms with van der Waals surface area (Å²) in [5.41, 5.74) is -0.544. The standard InChI is InChI=1S/C18H19F3N2O3/c1-25-15-6-3-7-16(11-15)26-9-8-22-17(24)12-23-14-5-2-4-13(10-14)18(19,20)21/h2-7,10-11,23H,8-9,12H2,1H3,(H,22,24). The Bertz CT molecular complexity index is 736. The van der Waals surface area contributed by atoms with Crippen molar-refractivity contribution < 1.29 is 27.4 Å². The summed E-state index contributed by atoms with van der Waals surface area (Å²) in [7, 11) is 1.55. The molecular weight excluding hydrogens is 349 g/mol. The first-order chi connectivity index (χ1) is 12.4. The molecule has 0 fully saturated rings. The van der Waals surface area contributed by atoms with Gasteiger partial charge in [-0.15, -0.1) is 0 Å². The molecule has 0 aliphatic rings. The molecular formula is C18H19F3N2O3. The minimum absolute atomic E-state index is 0.138. The summed E-state index contributed by atoms with van der Waals surface area (Å²) in [6.07, 6.45) is -4.42. The van der Waals surface area contributed by atoms with Gasteiger partial charge in [0.2, 0.25) is 5.91 Å². The number of amides is 1. The van der Waals surface area contributed by atoms with Crippen molar-refractivity contribution in [2.75, 3.05) is 32.1 Å². The summed E-state index contributed by atoms with van der Waals surface area (Å²) in [6, 6.07) is 11.7. The van der Waals surface area contributed by atoms with Crippen LogP contribution in [0.15, 0.2) is 48.5 Å². The Morgan fingerprint density at radius 1 is 1.08 bits per heavy atom. The van der Waals surface area contributed by atoms with Crippen LogP contribution in [-0.4, -0.2) is 32.7 Å². The fourth-order valence-electron chi connectivity index (χ4n) is 2.10. The monoisotopic (exact) mass is 368 g/mol. The Kier molecular flexibility index (Phi) is 6.71. The number of hydrogen-bond acceptors (Lipinski definition) is 4. The number of alkyl halides is 3. The van der Waals surface area contributed by atoms with E-state index < -0.39 is 11.7 Å². The topological polar surface area (TPSA) is 59.6 Å². The second-order valence-electron chi connectivity index (χ2n) is 5.31. The third-order valence-corrected chi connectivity index (χ3v) is 3.38. The Labute approximate surface area is 149 Å². The lowest BCUT2D eigenvalue weighted by atomic mass is 10.2. The highest BCUT2D eigenvalue weighted by molar-refractivity contribution is 5.80. The molecule has 0 saturated carbocycles. The van der Waals surface area contributed by atoms with Gasteiger partial charge in [-0.05, 0) is 30.3 Å². The summed E-state index contributed by atoms with van der Waals surface area (Å²) in [6.45, 7) is 0.378. The smallest absolute Gasteiger partial charge is 0.416 e. The highest BCUT2D eigenvalue weighted by Crippen LogP contribution is 2.30. The third kappa shape index (κ3) is 6.19. The highest BCUT2D eigenvalue weighted by Gasteiger charge is 2.30. The molecule has 0 spiro atoms. The Morgan fingerprint density at radius 3 is 2.54 bits per heavy atom. The van der Waals surface area contributed by atoms with E-state index >= 15 is 0 Å². The molecule has 0 saturated heterocycles. The van der Waals surface area contributed by atoms with Crippen LogP contribution < -0.4 is 20.1 Å². The van der Waals surface area contributed by atoms with Gasteiger partial charge >= 0.3 is 6.18 Å². The molecule has 0 radical (unpaired) electrons. The van der Waals surface area contributed by atoms with Crippen molar-refractivity contribution in [2.24, 2.45) is 0 Å². The second kappa shape index (κ2) is 8.98. The average Bonchev–Trinajstić information content (AvgIpc) is 2.63. The van der Waals surface area contributed by atoms with Gasteiger partial charge in [0.1, 0.15) is 18.1 Å². The number of hydrogen-bond donors (Lipinski definition) is 2. The van der Waals surface area contributed by atoms with E-state index in [1.807, 2.05) is 0 Å². The maximum atomic E-state index is 12.6. The molecule has 2 rings (SSSR count). The zero-order valence-corrected chi connectivity index (χ0v) is 14.1. The SMILES string of the molecule is COc1cccc(OCCNC(=O)CNc2cccc(C(F)(F)F)c2)c1. The second-order valence-corrected chi connectivity index (χ2v) is 5.31. The average molecular weight is 368 g/mol. The zero-order chi connectivity index (χ0) is 19.0. The number of nitrogens with one attached hydrogen (secondary N) is 2. The molecule has 0 aromatic heterocycles. The van der Waals surface area contributed by atoms with Crippen molar-refractivity contribution in [1.29, 1.82) is 0 Å². The summed E-state index contributed by atoms with van der Waals surface area (Å²) in [5.74, 6) is 0.925. The Hall–Kier alpha value is -2.90. The number of benzene rings is 2. The van der Waals surface area contributed by atoms with Crippen molar-refractivity contribution in [1.82, 2.24) is 5.32 Å². The van der Waals surface area contributed by atoms with Gasteiger partial charge in [-0.1, -0.05) is 12.1 Å². The summed E-state index contributed by atoms with van der Waals surface area (Å²) >= 11 is 0. The van der Waals surface area contributed by atoms with Gasteiger partial charge in [0, 0.05) is 11.8 Å². The van der Waals surface area contributed by atoms with Crippen LogP contribution in [0.3, 0.4) is 0 Å². The predicted molar refractivity (Wildman–Crippen MR) is 91.4 cm³/mol. The molecule has 0 atom stereocenters. The quantitative estimate of drug-likeness (QED) is 0.702. The van der Waals surface area contributed by atoms with Crippen LogP contribution in [0.4, 0.5) is 18.9 Å². The number of rotatable bonds is 8. The van der Waals surface area contributed by atoms with E-state index in [2.05, 4.69) is 10.6 Å². The van der Waals surface area contributed by atoms with Crippen LogP contribution in [0, 0.1) is 0 Å². The van der Waals surface area contributed by atoms with E-state index in [0.717, 1.165) is 12.1 Å². The first-order valence-electron chi connectivity index (χ1n) is 7.83. The maximum Gasteiger partial charge on any atom is 0.416 e. The van der Waals surface area contributed by atoms with Crippen LogP contribution in [0.25, 0.3) is 0 Å². The fraction of sp³-hybridized carbons (Fsp3) is 0.278. The first-order valence-corrected chi connectivity index (χ1v) is 7.83. The molecule has 26 heavy (non-hydrogen) atoms. The molecule has 2 aromatic carbocycles. The number of carbonyl (C=O) groups is 1. The molecule has 0 unspecified atom stereocenters. The molecule has 0 aliphatic carbocycles. The lowest BCUT2D eigenvalue weighted by Gasteiger charge is -2.11. The molecule has 2 N–H and O–H groups in total. The largest absolute Gasteiger partial charge is 0.497 e. The third-order valence-electron chi connectivity index (χ3n) is 3.38. The molecule has 0 aliphatic heterocycles. The molecule has 0 heterocycles. The van der Waals surface area contributed by atoms with Crippen molar-refractivity contribution in [3.63, 3.8) is 0 Å². The van der Waals surface area contributed by atoms with Gasteiger partial charge in [0.15, 0.2) is 0 Å². The number of halogens is 3. The molecule has 1 amide bonds. The molecule has 8 heteroatoms. The van der Waals surface area contributed by atoms with Crippen LogP contribution in [0.5, 0.6) is 11.5 Å². The van der Waals surface area contributed by atoms with E-state index in [1.54, 1.807) is 31.4 Å². The van der Waals surface area contributed by atoms with Crippen molar-refractivity contribution in [3.8, 4) is 11.5 Å². The first kappa shape index (κ1) is 19.4. The lowest BCUT2D eigenvalue weighted by Crippen LogP contribution is -2.33. The van der Waals surface area contributed by atoms with Crippen LogP contribution in [0.2, 0.25) is 0 Å². The maximum absolute atomic E-state index is 12.6. The number of ether oxygens (including phenoxy) is 2. The highest BCUT2D eigenvalue weighted by atomic mass is 19.4. The number of anilines is 1. The molecule has 2 aromatic rings. The Morgan fingerprint density at radius 2 is 1.81 bits per heavy atom. The number of carbonyl (C=O) groups excluding carboxylic acids is 1. The van der Waals surface area contributed by atoms with Gasteiger partial charge in [-0.25, -0.2) is 0 Å². The molecule has 0 bridgehead atoms. The van der Waals surface area contributed by atoms with E-state index in [-0.39, 0.29) is 31.3 Å². The van der Waals surface area contributed by atoms with E-state index in [9.17, 15) is 18.0 Å². The van der Waals surface area contributed by atoms with Gasteiger partial charge in [-0.3, -0.25) is 4.79 Å². The van der Waals surface area contributed by atoms with Crippen LogP contribution in [0.1, 0.15) is 5.56 Å². The zero-order valence-electron chi connectivity index (χ0n) is 14.1. The summed E-state index contributed by atoms with van der Waals surface area (Å²) in [5, 5.41) is 5.28. The van der Waals surface area contributed by atoms with E-state index in [1.165, 1.54) is 12.1 Å². The van der Waals surface area contributed by atoms with E-state index in [4.69, 9.17) is 9.47 Å².